The fraction of sp³-hybridized carbons (Fsp3) is 0.647. The smallest absolute Gasteiger partial charge is 0.0674 e. The number of hydrogen-bond donors (Lipinski definition) is 1. The lowest BCUT2D eigenvalue weighted by Gasteiger charge is -2.39. The van der Waals surface area contributed by atoms with Gasteiger partial charge in [-0.25, -0.2) is 0 Å². The molecule has 1 saturated heterocycles. The molecule has 0 bridgehead atoms. The second-order valence-electron chi connectivity index (χ2n) is 6.11. The quantitative estimate of drug-likeness (QED) is 0.917. The average molecular weight is 274 g/mol. The summed E-state index contributed by atoms with van der Waals surface area (Å²) in [4.78, 5) is 2.61. The van der Waals surface area contributed by atoms with Gasteiger partial charge in [0, 0.05) is 31.4 Å². The van der Waals surface area contributed by atoms with E-state index in [9.17, 15) is 0 Å². The van der Waals surface area contributed by atoms with Crippen LogP contribution in [0.1, 0.15) is 37.8 Å². The number of nitrogens with zero attached hydrogens (tertiary/aromatic N) is 1. The zero-order valence-electron chi connectivity index (χ0n) is 12.7. The topological polar surface area (TPSA) is 24.5 Å². The zero-order valence-corrected chi connectivity index (χ0v) is 12.7. The maximum absolute atomic E-state index is 5.81. The van der Waals surface area contributed by atoms with Crippen molar-refractivity contribution in [3.8, 4) is 0 Å². The minimum atomic E-state index is 0.357. The molecule has 0 amide bonds. The third-order valence-electron chi connectivity index (χ3n) is 4.62. The minimum Gasteiger partial charge on any atom is -0.385 e. The van der Waals surface area contributed by atoms with Crippen LogP contribution in [0, 0.1) is 0 Å². The van der Waals surface area contributed by atoms with Crippen LogP contribution >= 0.6 is 0 Å². The molecule has 2 aliphatic heterocycles. The Morgan fingerprint density at radius 1 is 1.40 bits per heavy atom. The van der Waals surface area contributed by atoms with Gasteiger partial charge in [-0.3, -0.25) is 4.90 Å². The van der Waals surface area contributed by atoms with Crippen molar-refractivity contribution in [1.82, 2.24) is 4.90 Å². The fourth-order valence-corrected chi connectivity index (χ4v) is 3.43. The van der Waals surface area contributed by atoms with E-state index >= 15 is 0 Å². The predicted molar refractivity (Wildman–Crippen MR) is 83.2 cm³/mol. The molecule has 1 aromatic carbocycles. The molecule has 2 unspecified atom stereocenters. The molecule has 0 aromatic heterocycles. The molecular weight excluding hydrogens is 248 g/mol. The van der Waals surface area contributed by atoms with Gasteiger partial charge in [-0.15, -0.1) is 0 Å². The van der Waals surface area contributed by atoms with Crippen LogP contribution in [0.15, 0.2) is 18.2 Å². The zero-order chi connectivity index (χ0) is 13.9. The summed E-state index contributed by atoms with van der Waals surface area (Å²) in [6, 6.07) is 7.28. The lowest BCUT2D eigenvalue weighted by atomic mass is 9.96. The summed E-state index contributed by atoms with van der Waals surface area (Å²) in [6.07, 6.45) is 3.99. The number of nitrogens with one attached hydrogen (secondary N) is 1. The van der Waals surface area contributed by atoms with Gasteiger partial charge in [0.05, 0.1) is 12.7 Å². The second kappa shape index (κ2) is 6.15. The second-order valence-corrected chi connectivity index (χ2v) is 6.11. The van der Waals surface area contributed by atoms with Gasteiger partial charge in [-0.05, 0) is 43.4 Å². The highest BCUT2D eigenvalue weighted by Gasteiger charge is 2.26. The Hall–Kier alpha value is -1.06. The summed E-state index contributed by atoms with van der Waals surface area (Å²) in [6.45, 7) is 8.56. The molecule has 0 spiro atoms. The van der Waals surface area contributed by atoms with Crippen LogP contribution in [0.25, 0.3) is 0 Å². The van der Waals surface area contributed by atoms with E-state index in [1.54, 1.807) is 0 Å². The number of hydrogen-bond acceptors (Lipinski definition) is 3. The molecule has 0 saturated carbocycles. The maximum atomic E-state index is 5.81. The Morgan fingerprint density at radius 2 is 2.30 bits per heavy atom. The molecule has 2 heterocycles. The highest BCUT2D eigenvalue weighted by atomic mass is 16.5. The summed E-state index contributed by atoms with van der Waals surface area (Å²) in [5, 5.41) is 3.53. The van der Waals surface area contributed by atoms with Crippen LogP contribution in [-0.2, 0) is 17.7 Å². The van der Waals surface area contributed by atoms with Crippen molar-refractivity contribution < 1.29 is 4.74 Å². The summed E-state index contributed by atoms with van der Waals surface area (Å²) in [5.74, 6) is 0. The number of benzene rings is 1. The maximum Gasteiger partial charge on any atom is 0.0674 e. The van der Waals surface area contributed by atoms with Crippen LogP contribution in [0.4, 0.5) is 5.69 Å². The van der Waals surface area contributed by atoms with Crippen molar-refractivity contribution in [3.63, 3.8) is 0 Å². The monoisotopic (exact) mass is 274 g/mol. The third kappa shape index (κ3) is 2.84. The minimum absolute atomic E-state index is 0.357. The highest BCUT2D eigenvalue weighted by Crippen LogP contribution is 2.27. The molecule has 3 nitrogen and oxygen atoms in total. The van der Waals surface area contributed by atoms with Crippen LogP contribution in [-0.4, -0.2) is 36.7 Å². The van der Waals surface area contributed by atoms with E-state index in [0.29, 0.717) is 12.1 Å². The van der Waals surface area contributed by atoms with Crippen LogP contribution in [0.2, 0.25) is 0 Å². The SMILES string of the molecule is CCC1COC(C)CN1Cc1cccc2c1CCCN2. The first-order valence-corrected chi connectivity index (χ1v) is 7.98. The summed E-state index contributed by atoms with van der Waals surface area (Å²) < 4.78 is 5.81. The molecule has 2 aliphatic rings. The summed E-state index contributed by atoms with van der Waals surface area (Å²) in [7, 11) is 0. The van der Waals surface area contributed by atoms with Gasteiger partial charge in [-0.1, -0.05) is 19.1 Å². The lowest BCUT2D eigenvalue weighted by Crippen LogP contribution is -2.48. The van der Waals surface area contributed by atoms with Crippen molar-refractivity contribution in [2.45, 2.75) is 51.8 Å². The first-order valence-electron chi connectivity index (χ1n) is 7.98. The normalized spacial score (nSPS) is 26.9. The van der Waals surface area contributed by atoms with Gasteiger partial charge in [-0.2, -0.15) is 0 Å². The molecule has 1 N–H and O–H groups in total. The Kier molecular flexibility index (Phi) is 4.27. The molecule has 110 valence electrons. The fourth-order valence-electron chi connectivity index (χ4n) is 3.43. The first-order chi connectivity index (χ1) is 9.78. The van der Waals surface area contributed by atoms with E-state index in [1.807, 2.05) is 0 Å². The van der Waals surface area contributed by atoms with Crippen molar-refractivity contribution >= 4 is 5.69 Å². The standard InChI is InChI=1S/C17H26N2O/c1-3-15-12-20-13(2)10-19(15)11-14-6-4-8-17-16(14)7-5-9-18-17/h4,6,8,13,15,18H,3,5,7,9-12H2,1-2H3. The van der Waals surface area contributed by atoms with Gasteiger partial charge in [0.2, 0.25) is 0 Å². The van der Waals surface area contributed by atoms with Crippen molar-refractivity contribution in [2.24, 2.45) is 0 Å². The molecular formula is C17H26N2O. The number of morpholine rings is 1. The van der Waals surface area contributed by atoms with Crippen LogP contribution in [0.5, 0.6) is 0 Å². The molecule has 20 heavy (non-hydrogen) atoms. The Balaban J connectivity index is 1.79. The predicted octanol–water partition coefficient (Wildman–Crippen LogP) is 3.04. The largest absolute Gasteiger partial charge is 0.385 e. The van der Waals surface area contributed by atoms with Gasteiger partial charge < -0.3 is 10.1 Å². The van der Waals surface area contributed by atoms with Crippen molar-refractivity contribution in [1.29, 1.82) is 0 Å². The van der Waals surface area contributed by atoms with E-state index in [4.69, 9.17) is 4.74 Å². The molecule has 0 aliphatic carbocycles. The average Bonchev–Trinajstić information content (AvgIpc) is 2.48. The van der Waals surface area contributed by atoms with E-state index in [0.717, 1.165) is 26.2 Å². The Labute approximate surface area is 122 Å². The van der Waals surface area contributed by atoms with E-state index in [2.05, 4.69) is 42.3 Å². The van der Waals surface area contributed by atoms with Crippen LogP contribution < -0.4 is 5.32 Å². The van der Waals surface area contributed by atoms with Crippen LogP contribution in [0.3, 0.4) is 0 Å². The van der Waals surface area contributed by atoms with Gasteiger partial charge in [0.1, 0.15) is 0 Å². The Morgan fingerprint density at radius 3 is 3.15 bits per heavy atom. The number of fused-ring (bicyclic) bond motifs is 1. The first kappa shape index (κ1) is 13.9. The summed E-state index contributed by atoms with van der Waals surface area (Å²) in [5.41, 5.74) is 4.39. The number of anilines is 1. The molecule has 1 aromatic rings. The molecule has 3 rings (SSSR count). The molecule has 2 atom stereocenters. The number of ether oxygens (including phenoxy) is 1. The molecule has 0 radical (unpaired) electrons. The van der Waals surface area contributed by atoms with Gasteiger partial charge in [0.15, 0.2) is 0 Å². The summed E-state index contributed by atoms with van der Waals surface area (Å²) >= 11 is 0. The lowest BCUT2D eigenvalue weighted by molar-refractivity contribution is -0.0592. The highest BCUT2D eigenvalue weighted by molar-refractivity contribution is 5.56. The third-order valence-corrected chi connectivity index (χ3v) is 4.62. The van der Waals surface area contributed by atoms with E-state index in [-0.39, 0.29) is 0 Å². The van der Waals surface area contributed by atoms with E-state index < -0.39 is 0 Å². The van der Waals surface area contributed by atoms with Crippen molar-refractivity contribution in [3.05, 3.63) is 29.3 Å². The molecule has 3 heteroatoms. The number of rotatable bonds is 3. The Bertz CT molecular complexity index is 460. The molecule has 1 fully saturated rings. The van der Waals surface area contributed by atoms with Gasteiger partial charge in [0.25, 0.3) is 0 Å². The van der Waals surface area contributed by atoms with Gasteiger partial charge >= 0.3 is 0 Å². The van der Waals surface area contributed by atoms with Crippen molar-refractivity contribution in [2.75, 3.05) is 25.0 Å². The van der Waals surface area contributed by atoms with E-state index in [1.165, 1.54) is 36.1 Å².